The number of amides is 2. The maximum Gasteiger partial charge on any atom is 0.234 e. The van der Waals surface area contributed by atoms with Crippen LogP contribution in [0.25, 0.3) is 0 Å². The summed E-state index contributed by atoms with van der Waals surface area (Å²) in [6.45, 7) is 2.40. The molecule has 8 nitrogen and oxygen atoms in total. The summed E-state index contributed by atoms with van der Waals surface area (Å²) in [6, 6.07) is 11.2. The topological polar surface area (TPSA) is 116 Å². The van der Waals surface area contributed by atoms with Gasteiger partial charge < -0.3 is 15.5 Å². The number of aromatic nitrogens is 3. The van der Waals surface area contributed by atoms with Crippen molar-refractivity contribution in [2.45, 2.75) is 31.5 Å². The number of aryl methyl sites for hydroxylation is 2. The van der Waals surface area contributed by atoms with Crippen molar-refractivity contribution >= 4 is 29.3 Å². The molecule has 0 atom stereocenters. The van der Waals surface area contributed by atoms with Gasteiger partial charge in [-0.15, -0.1) is 10.2 Å². The summed E-state index contributed by atoms with van der Waals surface area (Å²) in [6.07, 6.45) is 2.14. The molecule has 2 amide bonds. The zero-order valence-electron chi connectivity index (χ0n) is 15.4. The number of nitrogens with one attached hydrogen (secondary N) is 1. The van der Waals surface area contributed by atoms with Gasteiger partial charge >= 0.3 is 0 Å². The molecule has 3 aromatic rings. The molecule has 2 aromatic heterocycles. The van der Waals surface area contributed by atoms with Crippen LogP contribution in [-0.4, -0.2) is 32.3 Å². The number of rotatable bonds is 9. The Hall–Kier alpha value is -3.07. The molecule has 0 aliphatic carbocycles. The summed E-state index contributed by atoms with van der Waals surface area (Å²) in [4.78, 5) is 23.4. The van der Waals surface area contributed by atoms with Crippen LogP contribution >= 0.6 is 11.8 Å². The summed E-state index contributed by atoms with van der Waals surface area (Å²) in [5.41, 5.74) is 7.11. The third-order valence-corrected chi connectivity index (χ3v) is 4.92. The SMILES string of the molecule is Cc1ccc(NC(=O)CSc2nnc(CCC(N)=O)n2Cc2ccco2)cc1. The summed E-state index contributed by atoms with van der Waals surface area (Å²) in [7, 11) is 0. The first-order chi connectivity index (χ1) is 13.5. The second-order valence-electron chi connectivity index (χ2n) is 6.23. The Morgan fingerprint density at radius 1 is 1.21 bits per heavy atom. The lowest BCUT2D eigenvalue weighted by atomic mass is 10.2. The fourth-order valence-electron chi connectivity index (χ4n) is 2.53. The smallest absolute Gasteiger partial charge is 0.234 e. The minimum Gasteiger partial charge on any atom is -0.467 e. The fraction of sp³-hybridized carbons (Fsp3) is 0.263. The van der Waals surface area contributed by atoms with Crippen LogP contribution in [0.15, 0.2) is 52.2 Å². The lowest BCUT2D eigenvalue weighted by Gasteiger charge is -2.09. The monoisotopic (exact) mass is 399 g/mol. The van der Waals surface area contributed by atoms with Crippen LogP contribution in [0.3, 0.4) is 0 Å². The van der Waals surface area contributed by atoms with Gasteiger partial charge in [-0.2, -0.15) is 0 Å². The van der Waals surface area contributed by atoms with Gasteiger partial charge in [-0.3, -0.25) is 14.2 Å². The zero-order valence-corrected chi connectivity index (χ0v) is 16.2. The number of hydrogen-bond donors (Lipinski definition) is 2. The molecule has 0 aliphatic heterocycles. The molecule has 0 spiro atoms. The van der Waals surface area contributed by atoms with E-state index in [9.17, 15) is 9.59 Å². The predicted molar refractivity (Wildman–Crippen MR) is 106 cm³/mol. The van der Waals surface area contributed by atoms with Crippen molar-refractivity contribution in [2.75, 3.05) is 11.1 Å². The molecule has 3 N–H and O–H groups in total. The third-order valence-electron chi connectivity index (χ3n) is 3.95. The van der Waals surface area contributed by atoms with E-state index in [-0.39, 0.29) is 18.1 Å². The van der Waals surface area contributed by atoms with Crippen molar-refractivity contribution in [3.8, 4) is 0 Å². The van der Waals surface area contributed by atoms with Gasteiger partial charge in [0.1, 0.15) is 11.6 Å². The van der Waals surface area contributed by atoms with Crippen molar-refractivity contribution in [2.24, 2.45) is 5.73 Å². The highest BCUT2D eigenvalue weighted by atomic mass is 32.2. The highest BCUT2D eigenvalue weighted by Gasteiger charge is 2.16. The van der Waals surface area contributed by atoms with Crippen LogP contribution < -0.4 is 11.1 Å². The van der Waals surface area contributed by atoms with Gasteiger partial charge in [0.15, 0.2) is 5.16 Å². The Bertz CT molecular complexity index is 935. The highest BCUT2D eigenvalue weighted by molar-refractivity contribution is 7.99. The first-order valence-electron chi connectivity index (χ1n) is 8.73. The number of anilines is 1. The highest BCUT2D eigenvalue weighted by Crippen LogP contribution is 2.20. The van der Waals surface area contributed by atoms with Crippen LogP contribution in [0.4, 0.5) is 5.69 Å². The number of primary amides is 1. The Labute approximate surface area is 166 Å². The molecule has 9 heteroatoms. The standard InChI is InChI=1S/C19H21N5O3S/c1-13-4-6-14(7-5-13)21-18(26)12-28-19-23-22-17(9-8-16(20)25)24(19)11-15-3-2-10-27-15/h2-7,10H,8-9,11-12H2,1H3,(H2,20,25)(H,21,26). The zero-order chi connectivity index (χ0) is 19.9. The molecule has 0 aliphatic rings. The van der Waals surface area contributed by atoms with Crippen molar-refractivity contribution < 1.29 is 14.0 Å². The van der Waals surface area contributed by atoms with E-state index in [1.807, 2.05) is 41.8 Å². The molecular weight excluding hydrogens is 378 g/mol. The minimum atomic E-state index is -0.403. The number of hydrogen-bond acceptors (Lipinski definition) is 6. The van der Waals surface area contributed by atoms with Crippen molar-refractivity contribution in [3.05, 3.63) is 59.8 Å². The van der Waals surface area contributed by atoms with Gasteiger partial charge in [-0.25, -0.2) is 0 Å². The van der Waals surface area contributed by atoms with Gasteiger partial charge in [-0.05, 0) is 31.2 Å². The molecule has 2 heterocycles. The Kier molecular flexibility index (Phi) is 6.49. The maximum atomic E-state index is 12.3. The molecule has 146 valence electrons. The Balaban J connectivity index is 1.66. The van der Waals surface area contributed by atoms with Gasteiger partial charge in [-0.1, -0.05) is 29.5 Å². The predicted octanol–water partition coefficient (Wildman–Crippen LogP) is 2.38. The molecule has 0 unspecified atom stereocenters. The van der Waals surface area contributed by atoms with Crippen LogP contribution in [0.2, 0.25) is 0 Å². The van der Waals surface area contributed by atoms with E-state index in [2.05, 4.69) is 15.5 Å². The normalized spacial score (nSPS) is 10.8. The second-order valence-corrected chi connectivity index (χ2v) is 7.18. The van der Waals surface area contributed by atoms with Gasteiger partial charge in [0.2, 0.25) is 11.8 Å². The van der Waals surface area contributed by atoms with E-state index in [1.165, 1.54) is 11.8 Å². The van der Waals surface area contributed by atoms with Crippen LogP contribution in [-0.2, 0) is 22.6 Å². The molecule has 0 fully saturated rings. The van der Waals surface area contributed by atoms with Crippen molar-refractivity contribution in [1.29, 1.82) is 0 Å². The number of carbonyl (C=O) groups is 2. The number of furan rings is 1. The average Bonchev–Trinajstić information content (AvgIpc) is 3.31. The summed E-state index contributed by atoms with van der Waals surface area (Å²) in [5, 5.41) is 11.8. The van der Waals surface area contributed by atoms with E-state index in [4.69, 9.17) is 10.2 Å². The van der Waals surface area contributed by atoms with E-state index < -0.39 is 5.91 Å². The van der Waals surface area contributed by atoms with E-state index in [1.54, 1.807) is 12.3 Å². The number of benzene rings is 1. The quantitative estimate of drug-likeness (QED) is 0.534. The number of nitrogens with zero attached hydrogens (tertiary/aromatic N) is 3. The maximum absolute atomic E-state index is 12.3. The lowest BCUT2D eigenvalue weighted by molar-refractivity contribution is -0.118. The van der Waals surface area contributed by atoms with Crippen LogP contribution in [0.1, 0.15) is 23.6 Å². The molecule has 0 saturated carbocycles. The first-order valence-corrected chi connectivity index (χ1v) is 9.72. The molecule has 0 saturated heterocycles. The van der Waals surface area contributed by atoms with E-state index in [0.717, 1.165) is 17.0 Å². The molecule has 3 rings (SSSR count). The Morgan fingerprint density at radius 3 is 2.68 bits per heavy atom. The molecule has 1 aromatic carbocycles. The van der Waals surface area contributed by atoms with Crippen LogP contribution in [0, 0.1) is 6.92 Å². The fourth-order valence-corrected chi connectivity index (χ4v) is 3.28. The first kappa shape index (κ1) is 19.7. The number of carbonyl (C=O) groups excluding carboxylic acids is 2. The number of thioether (sulfide) groups is 1. The molecule has 28 heavy (non-hydrogen) atoms. The van der Waals surface area contributed by atoms with Crippen molar-refractivity contribution in [3.63, 3.8) is 0 Å². The summed E-state index contributed by atoms with van der Waals surface area (Å²) >= 11 is 1.27. The van der Waals surface area contributed by atoms with Gasteiger partial charge in [0.25, 0.3) is 0 Å². The lowest BCUT2D eigenvalue weighted by Crippen LogP contribution is -2.16. The van der Waals surface area contributed by atoms with E-state index in [0.29, 0.717) is 23.9 Å². The van der Waals surface area contributed by atoms with E-state index >= 15 is 0 Å². The average molecular weight is 399 g/mol. The molecule has 0 radical (unpaired) electrons. The Morgan fingerprint density at radius 2 is 2.00 bits per heavy atom. The largest absolute Gasteiger partial charge is 0.467 e. The third kappa shape index (κ3) is 5.46. The summed E-state index contributed by atoms with van der Waals surface area (Å²) < 4.78 is 7.24. The van der Waals surface area contributed by atoms with Gasteiger partial charge in [0, 0.05) is 18.5 Å². The van der Waals surface area contributed by atoms with Gasteiger partial charge in [0.05, 0.1) is 18.6 Å². The van der Waals surface area contributed by atoms with Crippen LogP contribution in [0.5, 0.6) is 0 Å². The number of nitrogens with two attached hydrogens (primary N) is 1. The second kappa shape index (κ2) is 9.23. The minimum absolute atomic E-state index is 0.139. The molecular formula is C19H21N5O3S. The summed E-state index contributed by atoms with van der Waals surface area (Å²) in [5.74, 6) is 0.988. The molecule has 0 bridgehead atoms. The van der Waals surface area contributed by atoms with Crippen molar-refractivity contribution in [1.82, 2.24) is 14.8 Å².